The highest BCUT2D eigenvalue weighted by atomic mass is 79.9. The Morgan fingerprint density at radius 1 is 1.33 bits per heavy atom. The van der Waals surface area contributed by atoms with E-state index in [2.05, 4.69) is 15.9 Å². The van der Waals surface area contributed by atoms with E-state index in [1.54, 1.807) is 6.07 Å². The average Bonchev–Trinajstić information content (AvgIpc) is 2.83. The van der Waals surface area contributed by atoms with Gasteiger partial charge in [0.05, 0.1) is 5.56 Å². The second-order valence-corrected chi connectivity index (χ2v) is 6.71. The number of carbonyl (C=O) groups is 1. The summed E-state index contributed by atoms with van der Waals surface area (Å²) in [5, 5.41) is 0. The predicted octanol–water partition coefficient (Wildman–Crippen LogP) is 3.21. The highest BCUT2D eigenvalue weighted by molar-refractivity contribution is 9.10. The Bertz CT molecular complexity index is 542. The molecule has 1 aliphatic carbocycles. The minimum Gasteiger partial charge on any atom is -0.338 e. The normalized spacial score (nSPS) is 28.0. The topological polar surface area (TPSA) is 46.3 Å². The molecule has 1 heterocycles. The van der Waals surface area contributed by atoms with Crippen LogP contribution in [0.5, 0.6) is 0 Å². The Morgan fingerprint density at radius 3 is 2.76 bits per heavy atom. The maximum absolute atomic E-state index is 13.1. The summed E-state index contributed by atoms with van der Waals surface area (Å²) in [6.07, 6.45) is 3.38. The van der Waals surface area contributed by atoms with E-state index in [9.17, 15) is 9.18 Å². The minimum atomic E-state index is -0.342. The van der Waals surface area contributed by atoms with Crippen LogP contribution < -0.4 is 5.73 Å². The van der Waals surface area contributed by atoms with Gasteiger partial charge in [0, 0.05) is 23.6 Å². The fourth-order valence-electron chi connectivity index (χ4n) is 3.52. The summed E-state index contributed by atoms with van der Waals surface area (Å²) in [7, 11) is 0. The molecule has 0 bridgehead atoms. The fourth-order valence-corrected chi connectivity index (χ4v) is 4.04. The van der Waals surface area contributed by atoms with Crippen molar-refractivity contribution >= 4 is 34.2 Å². The zero-order valence-electron chi connectivity index (χ0n) is 11.6. The molecule has 1 aliphatic heterocycles. The Balaban J connectivity index is 0.00000161. The van der Waals surface area contributed by atoms with E-state index < -0.39 is 0 Å². The van der Waals surface area contributed by atoms with Crippen LogP contribution in [0.25, 0.3) is 0 Å². The van der Waals surface area contributed by atoms with Gasteiger partial charge >= 0.3 is 0 Å². The van der Waals surface area contributed by atoms with Gasteiger partial charge in [-0.15, -0.1) is 12.4 Å². The number of amides is 1. The third-order valence-corrected chi connectivity index (χ3v) is 5.26. The lowest BCUT2D eigenvalue weighted by molar-refractivity contribution is 0.0782. The summed E-state index contributed by atoms with van der Waals surface area (Å²) in [5.41, 5.74) is 6.70. The molecule has 3 atom stereocenters. The summed E-state index contributed by atoms with van der Waals surface area (Å²) in [6, 6.07) is 4.42. The molecule has 1 saturated heterocycles. The molecule has 0 spiro atoms. The molecule has 3 rings (SSSR count). The standard InChI is InChI=1S/C15H18BrFN2O.ClH/c16-13-6-10(17)4-5-11(13)15(20)19-7-9-2-1-3-14(18)12(9)8-19;/h4-6,9,12,14H,1-3,7-8,18H2;1H. The van der Waals surface area contributed by atoms with Crippen LogP contribution in [-0.2, 0) is 0 Å². The van der Waals surface area contributed by atoms with Crippen LogP contribution in [0, 0.1) is 17.7 Å². The number of carbonyl (C=O) groups excluding carboxylic acids is 1. The maximum atomic E-state index is 13.1. The third-order valence-electron chi connectivity index (χ3n) is 4.60. The van der Waals surface area contributed by atoms with Crippen LogP contribution in [0.15, 0.2) is 22.7 Å². The van der Waals surface area contributed by atoms with Crippen molar-refractivity contribution in [2.45, 2.75) is 25.3 Å². The highest BCUT2D eigenvalue weighted by Crippen LogP contribution is 2.36. The Morgan fingerprint density at radius 2 is 2.10 bits per heavy atom. The van der Waals surface area contributed by atoms with Gasteiger partial charge in [0.1, 0.15) is 5.82 Å². The van der Waals surface area contributed by atoms with Gasteiger partial charge in [-0.25, -0.2) is 4.39 Å². The lowest BCUT2D eigenvalue weighted by Gasteiger charge is -2.29. The van der Waals surface area contributed by atoms with E-state index in [-0.39, 0.29) is 30.2 Å². The lowest BCUT2D eigenvalue weighted by Crippen LogP contribution is -2.38. The summed E-state index contributed by atoms with van der Waals surface area (Å²) in [4.78, 5) is 14.4. The van der Waals surface area contributed by atoms with Crippen molar-refractivity contribution in [3.05, 3.63) is 34.1 Å². The highest BCUT2D eigenvalue weighted by Gasteiger charge is 2.40. The first kappa shape index (κ1) is 16.7. The van der Waals surface area contributed by atoms with Gasteiger partial charge in [-0.3, -0.25) is 4.79 Å². The number of hydrogen-bond acceptors (Lipinski definition) is 2. The van der Waals surface area contributed by atoms with Gasteiger partial charge < -0.3 is 10.6 Å². The summed E-state index contributed by atoms with van der Waals surface area (Å²) in [6.45, 7) is 1.51. The molecule has 116 valence electrons. The first-order chi connectivity index (χ1) is 9.56. The fraction of sp³-hybridized carbons (Fsp3) is 0.533. The van der Waals surface area contributed by atoms with Gasteiger partial charge in [-0.2, -0.15) is 0 Å². The van der Waals surface area contributed by atoms with Crippen LogP contribution in [0.3, 0.4) is 0 Å². The Kier molecular flexibility index (Phi) is 5.28. The molecule has 1 aromatic rings. The van der Waals surface area contributed by atoms with E-state index in [0.717, 1.165) is 32.4 Å². The molecule has 3 unspecified atom stereocenters. The molecule has 1 aromatic carbocycles. The van der Waals surface area contributed by atoms with Crippen molar-refractivity contribution in [3.8, 4) is 0 Å². The molecule has 2 N–H and O–H groups in total. The first-order valence-electron chi connectivity index (χ1n) is 7.06. The molecule has 1 saturated carbocycles. The molecular weight excluding hydrogens is 359 g/mol. The average molecular weight is 378 g/mol. The van der Waals surface area contributed by atoms with Crippen molar-refractivity contribution in [1.29, 1.82) is 0 Å². The molecule has 3 nitrogen and oxygen atoms in total. The molecule has 2 aliphatic rings. The van der Waals surface area contributed by atoms with E-state index in [4.69, 9.17) is 5.73 Å². The quantitative estimate of drug-likeness (QED) is 0.817. The van der Waals surface area contributed by atoms with Gasteiger partial charge in [0.25, 0.3) is 5.91 Å². The van der Waals surface area contributed by atoms with Crippen LogP contribution in [0.2, 0.25) is 0 Å². The van der Waals surface area contributed by atoms with Crippen LogP contribution in [0.4, 0.5) is 4.39 Å². The maximum Gasteiger partial charge on any atom is 0.255 e. The molecule has 0 radical (unpaired) electrons. The molecular formula is C15H19BrClFN2O. The Hall–Kier alpha value is -0.650. The molecule has 6 heteroatoms. The van der Waals surface area contributed by atoms with Gasteiger partial charge in [-0.05, 0) is 58.8 Å². The lowest BCUT2D eigenvalue weighted by atomic mass is 9.78. The van der Waals surface area contributed by atoms with Crippen molar-refractivity contribution in [2.75, 3.05) is 13.1 Å². The van der Waals surface area contributed by atoms with Gasteiger partial charge in [-0.1, -0.05) is 6.42 Å². The number of halogens is 3. The number of benzene rings is 1. The van der Waals surface area contributed by atoms with Crippen molar-refractivity contribution < 1.29 is 9.18 Å². The number of nitrogens with zero attached hydrogens (tertiary/aromatic N) is 1. The number of rotatable bonds is 1. The molecule has 0 aromatic heterocycles. The number of nitrogens with two attached hydrogens (primary N) is 1. The number of likely N-dealkylation sites (tertiary alicyclic amines) is 1. The zero-order valence-corrected chi connectivity index (χ0v) is 14.0. The van der Waals surface area contributed by atoms with Gasteiger partial charge in [0.2, 0.25) is 0 Å². The molecule has 1 amide bonds. The van der Waals surface area contributed by atoms with E-state index in [1.165, 1.54) is 12.1 Å². The van der Waals surface area contributed by atoms with Crippen molar-refractivity contribution in [3.63, 3.8) is 0 Å². The Labute approximate surface area is 138 Å². The monoisotopic (exact) mass is 376 g/mol. The van der Waals surface area contributed by atoms with E-state index in [0.29, 0.717) is 21.9 Å². The van der Waals surface area contributed by atoms with E-state index in [1.807, 2.05) is 4.90 Å². The SMILES string of the molecule is Cl.NC1CCCC2CN(C(=O)c3ccc(F)cc3Br)CC12. The molecule has 21 heavy (non-hydrogen) atoms. The smallest absolute Gasteiger partial charge is 0.255 e. The van der Waals surface area contributed by atoms with E-state index >= 15 is 0 Å². The van der Waals surface area contributed by atoms with Crippen molar-refractivity contribution in [1.82, 2.24) is 4.90 Å². The molecule has 2 fully saturated rings. The minimum absolute atomic E-state index is 0. The first-order valence-corrected chi connectivity index (χ1v) is 7.85. The summed E-state index contributed by atoms with van der Waals surface area (Å²) >= 11 is 3.27. The van der Waals surface area contributed by atoms with Gasteiger partial charge in [0.15, 0.2) is 0 Å². The van der Waals surface area contributed by atoms with Crippen LogP contribution >= 0.6 is 28.3 Å². The zero-order chi connectivity index (χ0) is 14.3. The third kappa shape index (κ3) is 3.25. The number of hydrogen-bond donors (Lipinski definition) is 1. The summed E-state index contributed by atoms with van der Waals surface area (Å²) in [5.74, 6) is 0.581. The predicted molar refractivity (Wildman–Crippen MR) is 86.1 cm³/mol. The largest absolute Gasteiger partial charge is 0.338 e. The summed E-state index contributed by atoms with van der Waals surface area (Å²) < 4.78 is 13.6. The van der Waals surface area contributed by atoms with Crippen molar-refractivity contribution in [2.24, 2.45) is 17.6 Å². The second-order valence-electron chi connectivity index (χ2n) is 5.85. The second kappa shape index (κ2) is 6.63. The van der Waals surface area contributed by atoms with Crippen LogP contribution in [-0.4, -0.2) is 29.9 Å². The van der Waals surface area contributed by atoms with Crippen LogP contribution in [0.1, 0.15) is 29.6 Å². The number of fused-ring (bicyclic) bond motifs is 1.